The first-order chi connectivity index (χ1) is 14.5. The lowest BCUT2D eigenvalue weighted by Crippen LogP contribution is -2.43. The zero-order valence-electron chi connectivity index (χ0n) is 18.0. The summed E-state index contributed by atoms with van der Waals surface area (Å²) >= 11 is 0. The van der Waals surface area contributed by atoms with Gasteiger partial charge in [0.2, 0.25) is 0 Å². The van der Waals surface area contributed by atoms with Gasteiger partial charge in [0.25, 0.3) is 11.8 Å². The molecule has 1 heterocycles. The maximum absolute atomic E-state index is 13.1. The SMILES string of the molecule is CCOCCCN1C(=O)C(C#N)=C(C)/C(=C\c2ccc(OCC)c(OCC)c2)C1=O. The Morgan fingerprint density at radius 1 is 1.03 bits per heavy atom. The third kappa shape index (κ3) is 5.28. The Labute approximate surface area is 177 Å². The topological polar surface area (TPSA) is 88.9 Å². The molecule has 0 bridgehead atoms. The van der Waals surface area contributed by atoms with E-state index in [0.717, 1.165) is 4.90 Å². The molecule has 2 amide bonds. The standard InChI is InChI=1S/C23H28N2O5/c1-5-28-12-8-11-25-22(26)18(16(4)19(15-24)23(25)27)13-17-9-10-20(29-6-2)21(14-17)30-7-3/h9-10,13-14H,5-8,11-12H2,1-4H3/b18-13+. The maximum Gasteiger partial charge on any atom is 0.271 e. The van der Waals surface area contributed by atoms with Crippen molar-refractivity contribution in [3.05, 3.63) is 40.5 Å². The Bertz CT molecular complexity index is 895. The molecular formula is C23H28N2O5. The summed E-state index contributed by atoms with van der Waals surface area (Å²) < 4.78 is 16.5. The summed E-state index contributed by atoms with van der Waals surface area (Å²) in [6, 6.07) is 7.32. The fraction of sp³-hybridized carbons (Fsp3) is 0.435. The quantitative estimate of drug-likeness (QED) is 0.332. The lowest BCUT2D eigenvalue weighted by molar-refractivity contribution is -0.140. The first-order valence-corrected chi connectivity index (χ1v) is 10.1. The van der Waals surface area contributed by atoms with Crippen molar-refractivity contribution in [2.75, 3.05) is 33.0 Å². The van der Waals surface area contributed by atoms with E-state index in [1.165, 1.54) is 0 Å². The summed E-state index contributed by atoms with van der Waals surface area (Å²) in [6.07, 6.45) is 2.18. The number of nitriles is 1. The van der Waals surface area contributed by atoms with Crippen molar-refractivity contribution in [3.8, 4) is 17.6 Å². The van der Waals surface area contributed by atoms with Crippen LogP contribution in [-0.2, 0) is 14.3 Å². The number of nitrogens with zero attached hydrogens (tertiary/aromatic N) is 2. The molecule has 30 heavy (non-hydrogen) atoms. The van der Waals surface area contributed by atoms with E-state index in [-0.39, 0.29) is 12.1 Å². The van der Waals surface area contributed by atoms with Crippen molar-refractivity contribution in [1.29, 1.82) is 5.26 Å². The highest BCUT2D eigenvalue weighted by atomic mass is 16.5. The molecule has 0 saturated carbocycles. The van der Waals surface area contributed by atoms with Crippen LogP contribution in [0.2, 0.25) is 0 Å². The van der Waals surface area contributed by atoms with Gasteiger partial charge in [-0.2, -0.15) is 5.26 Å². The van der Waals surface area contributed by atoms with Crippen LogP contribution in [-0.4, -0.2) is 49.7 Å². The van der Waals surface area contributed by atoms with E-state index < -0.39 is 11.8 Å². The van der Waals surface area contributed by atoms with Crippen LogP contribution in [0.5, 0.6) is 11.5 Å². The second-order valence-corrected chi connectivity index (χ2v) is 6.55. The fourth-order valence-electron chi connectivity index (χ4n) is 3.13. The van der Waals surface area contributed by atoms with Gasteiger partial charge in [-0.25, -0.2) is 0 Å². The number of carbonyl (C=O) groups is 2. The van der Waals surface area contributed by atoms with E-state index in [2.05, 4.69) is 0 Å². The lowest BCUT2D eigenvalue weighted by atomic mass is 9.93. The number of ether oxygens (including phenoxy) is 3. The molecule has 7 nitrogen and oxygen atoms in total. The normalized spacial score (nSPS) is 15.6. The number of benzene rings is 1. The Balaban J connectivity index is 2.42. The number of hydrogen-bond donors (Lipinski definition) is 0. The smallest absolute Gasteiger partial charge is 0.271 e. The second-order valence-electron chi connectivity index (χ2n) is 6.55. The van der Waals surface area contributed by atoms with Crippen LogP contribution in [0.4, 0.5) is 0 Å². The number of rotatable bonds is 10. The van der Waals surface area contributed by atoms with E-state index >= 15 is 0 Å². The fourth-order valence-corrected chi connectivity index (χ4v) is 3.13. The van der Waals surface area contributed by atoms with E-state index in [4.69, 9.17) is 14.2 Å². The van der Waals surface area contributed by atoms with E-state index in [9.17, 15) is 14.9 Å². The predicted octanol–water partition coefficient (Wildman–Crippen LogP) is 3.50. The van der Waals surface area contributed by atoms with Gasteiger partial charge in [0.1, 0.15) is 11.6 Å². The summed E-state index contributed by atoms with van der Waals surface area (Å²) in [5.74, 6) is 0.216. The number of amides is 2. The Morgan fingerprint density at radius 2 is 1.73 bits per heavy atom. The van der Waals surface area contributed by atoms with Gasteiger partial charge >= 0.3 is 0 Å². The monoisotopic (exact) mass is 412 g/mol. The minimum absolute atomic E-state index is 0.0202. The lowest BCUT2D eigenvalue weighted by Gasteiger charge is -2.27. The van der Waals surface area contributed by atoms with Gasteiger partial charge in [0.05, 0.1) is 13.2 Å². The van der Waals surface area contributed by atoms with Gasteiger partial charge in [0, 0.05) is 25.3 Å². The van der Waals surface area contributed by atoms with Crippen LogP contribution in [0.1, 0.15) is 39.7 Å². The average Bonchev–Trinajstić information content (AvgIpc) is 2.73. The molecule has 0 atom stereocenters. The van der Waals surface area contributed by atoms with E-state index in [1.54, 1.807) is 25.1 Å². The third-order valence-electron chi connectivity index (χ3n) is 4.58. The zero-order valence-corrected chi connectivity index (χ0v) is 18.0. The molecule has 160 valence electrons. The molecule has 7 heteroatoms. The highest BCUT2D eigenvalue weighted by Gasteiger charge is 2.35. The summed E-state index contributed by atoms with van der Waals surface area (Å²) in [5.41, 5.74) is 1.38. The van der Waals surface area contributed by atoms with Crippen LogP contribution in [0.15, 0.2) is 34.9 Å². The van der Waals surface area contributed by atoms with Crippen molar-refractivity contribution >= 4 is 17.9 Å². The average molecular weight is 412 g/mol. The molecule has 1 aromatic carbocycles. The Morgan fingerprint density at radius 3 is 2.37 bits per heavy atom. The van der Waals surface area contributed by atoms with Crippen LogP contribution in [0.25, 0.3) is 6.08 Å². The third-order valence-corrected chi connectivity index (χ3v) is 4.58. The summed E-state index contributed by atoms with van der Waals surface area (Å²) in [6.45, 7) is 9.44. The zero-order chi connectivity index (χ0) is 22.1. The molecule has 0 aromatic heterocycles. The van der Waals surface area contributed by atoms with E-state index in [0.29, 0.717) is 61.1 Å². The summed E-state index contributed by atoms with van der Waals surface area (Å²) in [5, 5.41) is 9.48. The molecule has 0 unspecified atom stereocenters. The first kappa shape index (κ1) is 23.2. The Kier molecular flexibility index (Phi) is 8.63. The van der Waals surface area contributed by atoms with Gasteiger partial charge in [-0.05, 0) is 63.5 Å². The summed E-state index contributed by atoms with van der Waals surface area (Å²) in [7, 11) is 0. The van der Waals surface area contributed by atoms with Gasteiger partial charge in [-0.15, -0.1) is 0 Å². The van der Waals surface area contributed by atoms with Crippen molar-refractivity contribution in [2.45, 2.75) is 34.1 Å². The number of hydrogen-bond acceptors (Lipinski definition) is 6. The Hall–Kier alpha value is -3.11. The molecule has 1 aliphatic rings. The molecule has 0 saturated heterocycles. The van der Waals surface area contributed by atoms with Gasteiger partial charge in [-0.1, -0.05) is 6.07 Å². The molecule has 0 radical (unpaired) electrons. The van der Waals surface area contributed by atoms with Crippen molar-refractivity contribution in [3.63, 3.8) is 0 Å². The number of imide groups is 1. The molecule has 0 aliphatic carbocycles. The van der Waals surface area contributed by atoms with Crippen LogP contribution >= 0.6 is 0 Å². The molecular weight excluding hydrogens is 384 g/mol. The minimum atomic E-state index is -0.560. The first-order valence-electron chi connectivity index (χ1n) is 10.1. The van der Waals surface area contributed by atoms with Crippen LogP contribution in [0.3, 0.4) is 0 Å². The van der Waals surface area contributed by atoms with Gasteiger partial charge in [0.15, 0.2) is 11.5 Å². The van der Waals surface area contributed by atoms with Gasteiger partial charge in [-0.3, -0.25) is 14.5 Å². The molecule has 1 aliphatic heterocycles. The summed E-state index contributed by atoms with van der Waals surface area (Å²) in [4.78, 5) is 26.8. The molecule has 1 aromatic rings. The molecule has 0 fully saturated rings. The maximum atomic E-state index is 13.1. The highest BCUT2D eigenvalue weighted by Crippen LogP contribution is 2.32. The van der Waals surface area contributed by atoms with Crippen LogP contribution in [0, 0.1) is 11.3 Å². The van der Waals surface area contributed by atoms with Crippen LogP contribution < -0.4 is 9.47 Å². The second kappa shape index (κ2) is 11.2. The largest absolute Gasteiger partial charge is 0.490 e. The number of carbonyl (C=O) groups excluding carboxylic acids is 2. The molecule has 2 rings (SSSR count). The van der Waals surface area contributed by atoms with Gasteiger partial charge < -0.3 is 14.2 Å². The molecule has 0 spiro atoms. The van der Waals surface area contributed by atoms with Crippen molar-refractivity contribution < 1.29 is 23.8 Å². The van der Waals surface area contributed by atoms with Crippen molar-refractivity contribution in [1.82, 2.24) is 4.90 Å². The van der Waals surface area contributed by atoms with E-state index in [1.807, 2.05) is 32.9 Å². The van der Waals surface area contributed by atoms with Crippen molar-refractivity contribution in [2.24, 2.45) is 0 Å². The molecule has 0 N–H and O–H groups in total. The predicted molar refractivity (Wildman–Crippen MR) is 113 cm³/mol. The minimum Gasteiger partial charge on any atom is -0.490 e. The highest BCUT2D eigenvalue weighted by molar-refractivity contribution is 6.19.